The molecule has 0 aliphatic rings. The molecule has 0 atom stereocenters. The Morgan fingerprint density at radius 2 is 2.06 bits per heavy atom. The molecule has 0 aliphatic carbocycles. The first kappa shape index (κ1) is 9.30. The van der Waals surface area contributed by atoms with Crippen LogP contribution >= 0.6 is 11.3 Å². The van der Waals surface area contributed by atoms with E-state index in [1.165, 1.54) is 11.3 Å². The van der Waals surface area contributed by atoms with E-state index in [4.69, 9.17) is 4.42 Å². The zero-order chi connectivity index (χ0) is 10.8. The minimum atomic E-state index is 0.545. The second kappa shape index (κ2) is 3.90. The summed E-state index contributed by atoms with van der Waals surface area (Å²) in [6.07, 6.45) is 3.15. The fraction of sp³-hybridized carbons (Fsp3) is 0. The molecule has 0 fully saturated rings. The van der Waals surface area contributed by atoms with Gasteiger partial charge in [-0.25, -0.2) is 9.97 Å². The number of nitrogens with zero attached hydrogens (tertiary/aromatic N) is 2. The minimum absolute atomic E-state index is 0.545. The molecule has 4 heteroatoms. The maximum atomic E-state index is 5.19. The summed E-state index contributed by atoms with van der Waals surface area (Å²) in [6.45, 7) is 0. The summed E-state index contributed by atoms with van der Waals surface area (Å²) in [6, 6.07) is 9.95. The van der Waals surface area contributed by atoms with Crippen molar-refractivity contribution in [1.82, 2.24) is 9.97 Å². The zero-order valence-electron chi connectivity index (χ0n) is 8.25. The van der Waals surface area contributed by atoms with E-state index in [-0.39, 0.29) is 0 Å². The van der Waals surface area contributed by atoms with Crippen molar-refractivity contribution in [2.24, 2.45) is 0 Å². The maximum Gasteiger partial charge on any atom is 0.255 e. The molecule has 1 radical (unpaired) electrons. The number of rotatable bonds is 2. The van der Waals surface area contributed by atoms with Gasteiger partial charge in [-0.3, -0.25) is 0 Å². The topological polar surface area (TPSA) is 38.9 Å². The number of aromatic nitrogens is 2. The van der Waals surface area contributed by atoms with E-state index in [0.717, 1.165) is 16.3 Å². The second-order valence-corrected chi connectivity index (χ2v) is 3.97. The molecule has 77 valence electrons. The van der Waals surface area contributed by atoms with E-state index < -0.39 is 0 Å². The van der Waals surface area contributed by atoms with E-state index in [1.807, 2.05) is 30.3 Å². The maximum absolute atomic E-state index is 5.19. The first-order valence-electron chi connectivity index (χ1n) is 4.77. The lowest BCUT2D eigenvalue weighted by molar-refractivity contribution is 0.574. The number of thiazole rings is 1. The molecule has 2 heterocycles. The number of benzene rings is 1. The van der Waals surface area contributed by atoms with Crippen molar-refractivity contribution >= 4 is 11.3 Å². The van der Waals surface area contributed by atoms with Crippen LogP contribution in [0.3, 0.4) is 0 Å². The SMILES string of the molecule is [c]1sc(-c2ncco2)nc1-c1ccccc1. The van der Waals surface area contributed by atoms with Gasteiger partial charge in [-0.2, -0.15) is 0 Å². The van der Waals surface area contributed by atoms with Crippen LogP contribution in [-0.4, -0.2) is 9.97 Å². The van der Waals surface area contributed by atoms with Crippen molar-refractivity contribution in [3.8, 4) is 22.2 Å². The third-order valence-corrected chi connectivity index (χ3v) is 2.87. The van der Waals surface area contributed by atoms with Crippen molar-refractivity contribution < 1.29 is 4.42 Å². The molecule has 1 aromatic carbocycles. The number of hydrogen-bond donors (Lipinski definition) is 0. The summed E-state index contributed by atoms with van der Waals surface area (Å²) in [5.41, 5.74) is 1.88. The van der Waals surface area contributed by atoms with E-state index in [9.17, 15) is 0 Å². The van der Waals surface area contributed by atoms with Crippen LogP contribution < -0.4 is 0 Å². The van der Waals surface area contributed by atoms with Gasteiger partial charge in [0, 0.05) is 5.56 Å². The monoisotopic (exact) mass is 227 g/mol. The van der Waals surface area contributed by atoms with Gasteiger partial charge in [-0.1, -0.05) is 30.3 Å². The Morgan fingerprint density at radius 1 is 1.19 bits per heavy atom. The third-order valence-electron chi connectivity index (χ3n) is 2.12. The molecule has 0 N–H and O–H groups in total. The van der Waals surface area contributed by atoms with Gasteiger partial charge in [0.25, 0.3) is 5.89 Å². The molecule has 0 spiro atoms. The van der Waals surface area contributed by atoms with Crippen LogP contribution in [0.4, 0.5) is 0 Å². The van der Waals surface area contributed by atoms with Gasteiger partial charge in [-0.15, -0.1) is 11.3 Å². The normalized spacial score (nSPS) is 10.5. The zero-order valence-corrected chi connectivity index (χ0v) is 9.07. The molecule has 3 aromatic rings. The predicted molar refractivity (Wildman–Crippen MR) is 61.9 cm³/mol. The predicted octanol–water partition coefficient (Wildman–Crippen LogP) is 3.27. The molecule has 3 nitrogen and oxygen atoms in total. The molecule has 3 rings (SSSR count). The Morgan fingerprint density at radius 3 is 2.81 bits per heavy atom. The van der Waals surface area contributed by atoms with Gasteiger partial charge < -0.3 is 4.42 Å². The lowest BCUT2D eigenvalue weighted by Gasteiger charge is -1.93. The summed E-state index contributed by atoms with van der Waals surface area (Å²) in [5, 5.41) is 3.89. The standard InChI is InChI=1S/C12H7N2OS/c1-2-4-9(5-3-1)10-8-16-12(14-10)11-13-6-7-15-11/h1-7H. The smallest absolute Gasteiger partial charge is 0.255 e. The summed E-state index contributed by atoms with van der Waals surface area (Å²) in [5.74, 6) is 0.545. The molecule has 16 heavy (non-hydrogen) atoms. The first-order valence-corrected chi connectivity index (χ1v) is 5.59. The Labute approximate surface area is 96.4 Å². The Balaban J connectivity index is 2.00. The molecule has 2 aromatic heterocycles. The highest BCUT2D eigenvalue weighted by Gasteiger charge is 2.09. The van der Waals surface area contributed by atoms with Crippen LogP contribution in [-0.2, 0) is 0 Å². The molecule has 0 aliphatic heterocycles. The van der Waals surface area contributed by atoms with Crippen molar-refractivity contribution in [2.75, 3.05) is 0 Å². The average Bonchev–Trinajstić information content (AvgIpc) is 3.01. The fourth-order valence-corrected chi connectivity index (χ4v) is 2.07. The highest BCUT2D eigenvalue weighted by atomic mass is 32.1. The average molecular weight is 227 g/mol. The Kier molecular flexibility index (Phi) is 2.27. The summed E-state index contributed by atoms with van der Waals surface area (Å²) < 4.78 is 5.19. The second-order valence-electron chi connectivity index (χ2n) is 3.17. The molecule has 0 unspecified atom stereocenters. The van der Waals surface area contributed by atoms with Gasteiger partial charge in [0.1, 0.15) is 6.26 Å². The van der Waals surface area contributed by atoms with E-state index >= 15 is 0 Å². The van der Waals surface area contributed by atoms with Crippen LogP contribution in [0.15, 0.2) is 47.2 Å². The van der Waals surface area contributed by atoms with Crippen LogP contribution in [0.2, 0.25) is 0 Å². The van der Waals surface area contributed by atoms with Gasteiger partial charge in [-0.05, 0) is 0 Å². The summed E-state index contributed by atoms with van der Waals surface area (Å²) in [4.78, 5) is 8.48. The van der Waals surface area contributed by atoms with E-state index in [0.29, 0.717) is 5.89 Å². The molecule has 0 saturated heterocycles. The van der Waals surface area contributed by atoms with Crippen molar-refractivity contribution in [1.29, 1.82) is 0 Å². The van der Waals surface area contributed by atoms with Crippen LogP contribution in [0.5, 0.6) is 0 Å². The number of oxazole rings is 1. The molecule has 0 bridgehead atoms. The van der Waals surface area contributed by atoms with Crippen molar-refractivity contribution in [3.63, 3.8) is 0 Å². The fourth-order valence-electron chi connectivity index (χ4n) is 1.38. The molecular weight excluding hydrogens is 220 g/mol. The Hall–Kier alpha value is -1.94. The summed E-state index contributed by atoms with van der Waals surface area (Å²) >= 11 is 1.41. The highest BCUT2D eigenvalue weighted by molar-refractivity contribution is 7.12. The first-order chi connectivity index (χ1) is 7.93. The van der Waals surface area contributed by atoms with Gasteiger partial charge >= 0.3 is 0 Å². The lowest BCUT2D eigenvalue weighted by Crippen LogP contribution is -1.78. The van der Waals surface area contributed by atoms with Crippen molar-refractivity contribution in [2.45, 2.75) is 0 Å². The van der Waals surface area contributed by atoms with Crippen LogP contribution in [0.25, 0.3) is 22.2 Å². The van der Waals surface area contributed by atoms with Crippen LogP contribution in [0, 0.1) is 5.38 Å². The lowest BCUT2D eigenvalue weighted by atomic mass is 10.2. The molecule has 0 amide bonds. The third kappa shape index (κ3) is 1.63. The van der Waals surface area contributed by atoms with Gasteiger partial charge in [0.15, 0.2) is 5.01 Å². The molecular formula is C12H7N2OS. The van der Waals surface area contributed by atoms with E-state index in [1.54, 1.807) is 12.5 Å². The highest BCUT2D eigenvalue weighted by Crippen LogP contribution is 2.26. The van der Waals surface area contributed by atoms with Gasteiger partial charge in [0.05, 0.1) is 17.3 Å². The molecule has 0 saturated carbocycles. The van der Waals surface area contributed by atoms with E-state index in [2.05, 4.69) is 15.3 Å². The largest absolute Gasteiger partial charge is 0.443 e. The van der Waals surface area contributed by atoms with Crippen LogP contribution in [0.1, 0.15) is 0 Å². The Bertz CT molecular complexity index is 572. The number of hydrogen-bond acceptors (Lipinski definition) is 4. The quantitative estimate of drug-likeness (QED) is 0.674. The summed E-state index contributed by atoms with van der Waals surface area (Å²) in [7, 11) is 0. The minimum Gasteiger partial charge on any atom is -0.443 e. The van der Waals surface area contributed by atoms with Crippen molar-refractivity contribution in [3.05, 3.63) is 48.2 Å². The van der Waals surface area contributed by atoms with Gasteiger partial charge in [0.2, 0.25) is 0 Å².